The average Bonchev–Trinajstić information content (AvgIpc) is 2.94. The van der Waals surface area contributed by atoms with Crippen molar-refractivity contribution >= 4 is 17.3 Å². The van der Waals surface area contributed by atoms with E-state index in [4.69, 9.17) is 14.3 Å². The van der Waals surface area contributed by atoms with Gasteiger partial charge in [0.05, 0.1) is 17.7 Å². The number of carboxylic acid groups (broad SMARTS) is 1. The molecule has 0 bridgehead atoms. The zero-order valence-electron chi connectivity index (χ0n) is 9.39. The van der Waals surface area contributed by atoms with Crippen LogP contribution in [-0.4, -0.2) is 23.2 Å². The first-order chi connectivity index (χ1) is 8.15. The molecule has 0 atom stereocenters. The maximum Gasteiger partial charge on any atom is 0.373 e. The quantitative estimate of drug-likeness (QED) is 0.906. The van der Waals surface area contributed by atoms with Gasteiger partial charge in [-0.1, -0.05) is 6.92 Å². The van der Waals surface area contributed by atoms with Crippen LogP contribution in [-0.2, 0) is 6.42 Å². The smallest absolute Gasteiger partial charge is 0.373 e. The summed E-state index contributed by atoms with van der Waals surface area (Å²) in [5.41, 5.74) is 0.458. The molecule has 0 unspecified atom stereocenters. The number of aryl methyl sites for hydroxylation is 1. The lowest BCUT2D eigenvalue weighted by Crippen LogP contribution is -1.98. The summed E-state index contributed by atoms with van der Waals surface area (Å²) in [7, 11) is 1.57. The fourth-order valence-corrected chi connectivity index (χ4v) is 2.18. The average molecular weight is 253 g/mol. The van der Waals surface area contributed by atoms with Crippen molar-refractivity contribution in [3.05, 3.63) is 22.9 Å². The van der Waals surface area contributed by atoms with Crippen LogP contribution in [0.25, 0.3) is 10.8 Å². The summed E-state index contributed by atoms with van der Waals surface area (Å²) >= 11 is 1.40. The Morgan fingerprint density at radius 2 is 2.41 bits per heavy atom. The number of hydrogen-bond donors (Lipinski definition) is 1. The number of rotatable bonds is 4. The van der Waals surface area contributed by atoms with Gasteiger partial charge >= 0.3 is 5.97 Å². The van der Waals surface area contributed by atoms with Crippen LogP contribution in [0.2, 0.25) is 0 Å². The number of carbonyl (C=O) groups is 1. The van der Waals surface area contributed by atoms with Gasteiger partial charge < -0.3 is 14.3 Å². The summed E-state index contributed by atoms with van der Waals surface area (Å²) in [6.45, 7) is 1.84. The van der Waals surface area contributed by atoms with Crippen LogP contribution in [0.4, 0.5) is 0 Å². The van der Waals surface area contributed by atoms with Crippen LogP contribution < -0.4 is 4.74 Å². The van der Waals surface area contributed by atoms with Gasteiger partial charge in [0.25, 0.3) is 0 Å². The van der Waals surface area contributed by atoms with Crippen molar-refractivity contribution in [1.29, 1.82) is 0 Å². The highest BCUT2D eigenvalue weighted by molar-refractivity contribution is 7.13. The summed E-state index contributed by atoms with van der Waals surface area (Å²) < 4.78 is 10.3. The number of aromatic nitrogens is 1. The predicted molar refractivity (Wildman–Crippen MR) is 62.7 cm³/mol. The minimum absolute atomic E-state index is 0.0881. The summed E-state index contributed by atoms with van der Waals surface area (Å²) in [5.74, 6) is -0.148. The molecule has 0 aromatic carbocycles. The van der Waals surface area contributed by atoms with E-state index >= 15 is 0 Å². The van der Waals surface area contributed by atoms with Crippen LogP contribution in [0.3, 0.4) is 0 Å². The predicted octanol–water partition coefficient (Wildman–Crippen LogP) is 2.67. The Bertz CT molecular complexity index is 543. The van der Waals surface area contributed by atoms with Crippen LogP contribution in [0.5, 0.6) is 5.75 Å². The van der Waals surface area contributed by atoms with E-state index in [2.05, 4.69) is 4.98 Å². The molecule has 0 saturated carbocycles. The lowest BCUT2D eigenvalue weighted by Gasteiger charge is -1.89. The van der Waals surface area contributed by atoms with E-state index in [-0.39, 0.29) is 5.76 Å². The molecule has 90 valence electrons. The normalized spacial score (nSPS) is 10.5. The highest BCUT2D eigenvalue weighted by atomic mass is 32.1. The minimum Gasteiger partial charge on any atom is -0.496 e. The maximum atomic E-state index is 10.9. The van der Waals surface area contributed by atoms with Crippen LogP contribution in [0.15, 0.2) is 15.9 Å². The Labute approximate surface area is 102 Å². The number of carboxylic acids is 1. The highest BCUT2D eigenvalue weighted by Crippen LogP contribution is 2.31. The van der Waals surface area contributed by atoms with Gasteiger partial charge in [-0.25, -0.2) is 9.78 Å². The largest absolute Gasteiger partial charge is 0.496 e. The SMILES string of the molecule is CCc1nc(-c2cc(OC)cs2)oc1C(=O)O. The molecule has 0 saturated heterocycles. The third-order valence-electron chi connectivity index (χ3n) is 2.25. The van der Waals surface area contributed by atoms with Gasteiger partial charge in [-0.3, -0.25) is 0 Å². The standard InChI is InChI=1S/C11H11NO4S/c1-3-7-9(11(13)14)16-10(12-7)8-4-6(15-2)5-17-8/h4-5H,3H2,1-2H3,(H,13,14). The fourth-order valence-electron chi connectivity index (χ4n) is 1.40. The van der Waals surface area contributed by atoms with Gasteiger partial charge in [-0.15, -0.1) is 11.3 Å². The van der Waals surface area contributed by atoms with Crippen LogP contribution >= 0.6 is 11.3 Å². The van der Waals surface area contributed by atoms with Crippen molar-refractivity contribution < 1.29 is 19.1 Å². The Hall–Kier alpha value is -1.82. The van der Waals surface area contributed by atoms with Crippen molar-refractivity contribution in [2.45, 2.75) is 13.3 Å². The van der Waals surface area contributed by atoms with Gasteiger partial charge in [0.2, 0.25) is 11.7 Å². The van der Waals surface area contributed by atoms with Crippen LogP contribution in [0, 0.1) is 0 Å². The van der Waals surface area contributed by atoms with Gasteiger partial charge in [0.1, 0.15) is 5.75 Å². The van der Waals surface area contributed by atoms with E-state index in [1.807, 2.05) is 12.3 Å². The minimum atomic E-state index is -1.09. The summed E-state index contributed by atoms with van der Waals surface area (Å²) in [5, 5.41) is 10.8. The molecule has 5 nitrogen and oxygen atoms in total. The molecule has 0 aliphatic heterocycles. The second kappa shape index (κ2) is 4.58. The maximum absolute atomic E-state index is 10.9. The van der Waals surface area contributed by atoms with Crippen molar-refractivity contribution in [3.8, 4) is 16.5 Å². The van der Waals surface area contributed by atoms with E-state index < -0.39 is 5.97 Å². The summed E-state index contributed by atoms with van der Waals surface area (Å²) in [4.78, 5) is 15.9. The molecule has 6 heteroatoms. The number of nitrogens with zero attached hydrogens (tertiary/aromatic N) is 1. The molecular formula is C11H11NO4S. The molecule has 17 heavy (non-hydrogen) atoms. The molecule has 0 fully saturated rings. The van der Waals surface area contributed by atoms with E-state index in [0.29, 0.717) is 23.8 Å². The monoisotopic (exact) mass is 253 g/mol. The molecule has 0 aliphatic rings. The number of hydrogen-bond acceptors (Lipinski definition) is 5. The molecule has 0 aliphatic carbocycles. The molecule has 0 radical (unpaired) electrons. The molecule has 2 rings (SSSR count). The molecule has 0 amide bonds. The first-order valence-electron chi connectivity index (χ1n) is 5.01. The third-order valence-corrected chi connectivity index (χ3v) is 3.14. The Kier molecular flexibility index (Phi) is 3.14. The van der Waals surface area contributed by atoms with Crippen molar-refractivity contribution in [1.82, 2.24) is 4.98 Å². The molecular weight excluding hydrogens is 242 g/mol. The second-order valence-corrected chi connectivity index (χ2v) is 4.22. The first kappa shape index (κ1) is 11.7. The molecule has 2 aromatic rings. The number of methoxy groups -OCH3 is 1. The van der Waals surface area contributed by atoms with Crippen molar-refractivity contribution in [3.63, 3.8) is 0 Å². The topological polar surface area (TPSA) is 72.6 Å². The number of ether oxygens (including phenoxy) is 1. The number of oxazole rings is 1. The zero-order chi connectivity index (χ0) is 12.4. The molecule has 2 aromatic heterocycles. The van der Waals surface area contributed by atoms with Gasteiger partial charge in [-0.2, -0.15) is 0 Å². The Morgan fingerprint density at radius 1 is 1.65 bits per heavy atom. The lowest BCUT2D eigenvalue weighted by atomic mass is 10.3. The van der Waals surface area contributed by atoms with E-state index in [1.54, 1.807) is 13.2 Å². The van der Waals surface area contributed by atoms with E-state index in [9.17, 15) is 4.79 Å². The summed E-state index contributed by atoms with van der Waals surface area (Å²) in [6.07, 6.45) is 0.521. The molecule has 2 heterocycles. The van der Waals surface area contributed by atoms with Gasteiger partial charge in [0, 0.05) is 11.4 Å². The van der Waals surface area contributed by atoms with Gasteiger partial charge in [-0.05, 0) is 6.42 Å². The van der Waals surface area contributed by atoms with Gasteiger partial charge in [0.15, 0.2) is 0 Å². The number of aromatic carboxylic acids is 1. The summed E-state index contributed by atoms with van der Waals surface area (Å²) in [6, 6.07) is 1.77. The first-order valence-corrected chi connectivity index (χ1v) is 5.89. The number of thiophene rings is 1. The Morgan fingerprint density at radius 3 is 2.88 bits per heavy atom. The van der Waals surface area contributed by atoms with E-state index in [1.165, 1.54) is 11.3 Å². The fraction of sp³-hybridized carbons (Fsp3) is 0.273. The lowest BCUT2D eigenvalue weighted by molar-refractivity contribution is 0.0662. The third kappa shape index (κ3) is 2.16. The highest BCUT2D eigenvalue weighted by Gasteiger charge is 2.19. The Balaban J connectivity index is 2.42. The van der Waals surface area contributed by atoms with Crippen molar-refractivity contribution in [2.24, 2.45) is 0 Å². The zero-order valence-corrected chi connectivity index (χ0v) is 10.2. The molecule has 0 spiro atoms. The van der Waals surface area contributed by atoms with Crippen LogP contribution in [0.1, 0.15) is 23.2 Å². The van der Waals surface area contributed by atoms with Crippen molar-refractivity contribution in [2.75, 3.05) is 7.11 Å². The van der Waals surface area contributed by atoms with E-state index in [0.717, 1.165) is 4.88 Å². The second-order valence-electron chi connectivity index (χ2n) is 3.30. The molecule has 1 N–H and O–H groups in total.